The maximum atomic E-state index is 14.2. The zero-order valence-electron chi connectivity index (χ0n) is 20.4. The number of ether oxygens (including phenoxy) is 1. The number of anilines is 2. The Kier molecular flexibility index (Phi) is 7.60. The van der Waals surface area contributed by atoms with Crippen molar-refractivity contribution >= 4 is 39.1 Å². The Bertz CT molecular complexity index is 1200. The van der Waals surface area contributed by atoms with Gasteiger partial charge in [0, 0.05) is 21.4 Å². The second kappa shape index (κ2) is 10.6. The molecule has 2 amide bonds. The molecule has 1 fully saturated rings. The molecule has 4 rings (SSSR count). The van der Waals surface area contributed by atoms with Crippen LogP contribution < -0.4 is 15.0 Å². The summed E-state index contributed by atoms with van der Waals surface area (Å²) in [6.45, 7) is 3.98. The van der Waals surface area contributed by atoms with Crippen LogP contribution in [0.25, 0.3) is 0 Å². The number of carbonyl (C=O) groups excluding carboxylic acids is 2. The van der Waals surface area contributed by atoms with Crippen LogP contribution in [0.3, 0.4) is 0 Å². The average molecular weight is 535 g/mol. The fourth-order valence-corrected chi connectivity index (χ4v) is 5.37. The second-order valence-corrected chi connectivity index (χ2v) is 10.1. The molecular formula is C29H31BrN2O3. The SMILES string of the molecule is COc1ccc(N(C(=O)c2cccc(Br)c2)C2(C(=O)Nc3c(C)cccc3C)CCCCC2)cc1. The van der Waals surface area contributed by atoms with Crippen molar-refractivity contribution in [3.63, 3.8) is 0 Å². The Balaban J connectivity index is 1.84. The van der Waals surface area contributed by atoms with Crippen molar-refractivity contribution < 1.29 is 14.3 Å². The first-order valence-electron chi connectivity index (χ1n) is 12.0. The number of nitrogens with one attached hydrogen (secondary N) is 1. The summed E-state index contributed by atoms with van der Waals surface area (Å²) in [7, 11) is 1.61. The van der Waals surface area contributed by atoms with Crippen molar-refractivity contribution in [3.05, 3.63) is 87.9 Å². The molecule has 0 heterocycles. The molecule has 0 aliphatic heterocycles. The highest BCUT2D eigenvalue weighted by atomic mass is 79.9. The zero-order chi connectivity index (χ0) is 25.0. The summed E-state index contributed by atoms with van der Waals surface area (Å²) >= 11 is 3.49. The predicted octanol–water partition coefficient (Wildman–Crippen LogP) is 7.06. The van der Waals surface area contributed by atoms with Gasteiger partial charge < -0.3 is 10.1 Å². The van der Waals surface area contributed by atoms with Gasteiger partial charge in [-0.15, -0.1) is 0 Å². The van der Waals surface area contributed by atoms with Crippen molar-refractivity contribution in [2.75, 3.05) is 17.3 Å². The van der Waals surface area contributed by atoms with Gasteiger partial charge in [-0.25, -0.2) is 0 Å². The van der Waals surface area contributed by atoms with Crippen molar-refractivity contribution in [2.24, 2.45) is 0 Å². The first-order chi connectivity index (χ1) is 16.9. The Morgan fingerprint density at radius 2 is 1.54 bits per heavy atom. The van der Waals surface area contributed by atoms with Crippen molar-refractivity contribution in [1.82, 2.24) is 0 Å². The summed E-state index contributed by atoms with van der Waals surface area (Å²) in [5, 5.41) is 3.21. The number of halogens is 1. The molecule has 1 N–H and O–H groups in total. The van der Waals surface area contributed by atoms with E-state index in [0.29, 0.717) is 29.8 Å². The van der Waals surface area contributed by atoms with E-state index in [1.165, 1.54) is 0 Å². The summed E-state index contributed by atoms with van der Waals surface area (Å²) < 4.78 is 6.16. The van der Waals surface area contributed by atoms with Crippen LogP contribution in [0.15, 0.2) is 71.2 Å². The third-order valence-electron chi connectivity index (χ3n) is 6.86. The van der Waals surface area contributed by atoms with Gasteiger partial charge in [0.2, 0.25) is 0 Å². The number of para-hydroxylation sites is 1. The van der Waals surface area contributed by atoms with E-state index in [4.69, 9.17) is 4.74 Å². The maximum Gasteiger partial charge on any atom is 0.259 e. The van der Waals surface area contributed by atoms with Crippen molar-refractivity contribution in [3.8, 4) is 5.75 Å². The molecule has 0 spiro atoms. The second-order valence-electron chi connectivity index (χ2n) is 9.16. The van der Waals surface area contributed by atoms with E-state index < -0.39 is 5.54 Å². The van der Waals surface area contributed by atoms with Crippen LogP contribution in [0, 0.1) is 13.8 Å². The molecule has 0 aromatic heterocycles. The summed E-state index contributed by atoms with van der Waals surface area (Å²) in [6.07, 6.45) is 3.97. The van der Waals surface area contributed by atoms with Crippen LogP contribution >= 0.6 is 15.9 Å². The van der Waals surface area contributed by atoms with E-state index >= 15 is 0 Å². The zero-order valence-corrected chi connectivity index (χ0v) is 22.0. The molecule has 0 unspecified atom stereocenters. The van der Waals surface area contributed by atoms with E-state index in [9.17, 15) is 9.59 Å². The number of benzene rings is 3. The molecule has 5 nitrogen and oxygen atoms in total. The summed E-state index contributed by atoms with van der Waals surface area (Å²) in [6, 6.07) is 20.7. The average Bonchev–Trinajstić information content (AvgIpc) is 2.87. The minimum atomic E-state index is -1.01. The predicted molar refractivity (Wildman–Crippen MR) is 144 cm³/mol. The lowest BCUT2D eigenvalue weighted by Crippen LogP contribution is -2.60. The molecule has 35 heavy (non-hydrogen) atoms. The molecule has 0 bridgehead atoms. The molecule has 3 aromatic carbocycles. The number of nitrogens with zero attached hydrogens (tertiary/aromatic N) is 1. The van der Waals surface area contributed by atoms with E-state index in [2.05, 4.69) is 21.2 Å². The Labute approximate surface area is 215 Å². The van der Waals surface area contributed by atoms with Crippen LogP contribution in [0.2, 0.25) is 0 Å². The molecule has 1 aliphatic rings. The quantitative estimate of drug-likeness (QED) is 0.368. The van der Waals surface area contributed by atoms with Gasteiger partial charge in [0.25, 0.3) is 11.8 Å². The molecule has 0 atom stereocenters. The Morgan fingerprint density at radius 3 is 2.14 bits per heavy atom. The molecule has 0 saturated heterocycles. The molecule has 6 heteroatoms. The standard InChI is InChI=1S/C29H31BrN2O3/c1-20-9-7-10-21(2)26(20)31-28(34)29(17-5-4-6-18-29)32(24-13-15-25(35-3)16-14-24)27(33)22-11-8-12-23(30)19-22/h7-16,19H,4-6,17-18H2,1-3H3,(H,31,34). The third-order valence-corrected chi connectivity index (χ3v) is 7.35. The lowest BCUT2D eigenvalue weighted by molar-refractivity contribution is -0.122. The van der Waals surface area contributed by atoms with Crippen LogP contribution in [-0.4, -0.2) is 24.5 Å². The van der Waals surface area contributed by atoms with Gasteiger partial charge in [0.1, 0.15) is 11.3 Å². The van der Waals surface area contributed by atoms with Crippen molar-refractivity contribution in [2.45, 2.75) is 51.5 Å². The minimum Gasteiger partial charge on any atom is -0.497 e. The number of hydrogen-bond acceptors (Lipinski definition) is 3. The first kappa shape index (κ1) is 25.0. The maximum absolute atomic E-state index is 14.2. The van der Waals surface area contributed by atoms with Crippen LogP contribution in [-0.2, 0) is 4.79 Å². The molecule has 0 radical (unpaired) electrons. The number of rotatable bonds is 6. The first-order valence-corrected chi connectivity index (χ1v) is 12.8. The molecule has 1 aliphatic carbocycles. The lowest BCUT2D eigenvalue weighted by Gasteiger charge is -2.45. The van der Waals surface area contributed by atoms with Gasteiger partial charge in [-0.1, -0.05) is 59.5 Å². The largest absolute Gasteiger partial charge is 0.497 e. The molecule has 182 valence electrons. The summed E-state index contributed by atoms with van der Waals surface area (Å²) in [4.78, 5) is 30.1. The Hall–Kier alpha value is -3.12. The molecule has 3 aromatic rings. The Morgan fingerprint density at radius 1 is 0.914 bits per heavy atom. The highest BCUT2D eigenvalue weighted by molar-refractivity contribution is 9.10. The fraction of sp³-hybridized carbons (Fsp3) is 0.310. The van der Waals surface area contributed by atoms with Gasteiger partial charge >= 0.3 is 0 Å². The van der Waals surface area contributed by atoms with Crippen LogP contribution in [0.5, 0.6) is 5.75 Å². The third kappa shape index (κ3) is 5.13. The smallest absolute Gasteiger partial charge is 0.259 e. The summed E-state index contributed by atoms with van der Waals surface area (Å²) in [5.74, 6) is 0.352. The van der Waals surface area contributed by atoms with E-state index in [0.717, 1.165) is 40.5 Å². The lowest BCUT2D eigenvalue weighted by atomic mass is 9.78. The van der Waals surface area contributed by atoms with Crippen molar-refractivity contribution in [1.29, 1.82) is 0 Å². The number of hydrogen-bond donors (Lipinski definition) is 1. The number of aryl methyl sites for hydroxylation is 2. The van der Waals surface area contributed by atoms with Gasteiger partial charge in [-0.3, -0.25) is 14.5 Å². The minimum absolute atomic E-state index is 0.145. The summed E-state index contributed by atoms with van der Waals surface area (Å²) in [5.41, 5.74) is 3.00. The monoisotopic (exact) mass is 534 g/mol. The van der Waals surface area contributed by atoms with E-state index in [1.54, 1.807) is 24.1 Å². The van der Waals surface area contributed by atoms with Crippen LogP contribution in [0.4, 0.5) is 11.4 Å². The number of amides is 2. The van der Waals surface area contributed by atoms with E-state index in [1.807, 2.05) is 68.4 Å². The highest BCUT2D eigenvalue weighted by Crippen LogP contribution is 2.40. The van der Waals surface area contributed by atoms with Crippen LogP contribution in [0.1, 0.15) is 53.6 Å². The van der Waals surface area contributed by atoms with Gasteiger partial charge in [-0.05, 0) is 80.3 Å². The fourth-order valence-electron chi connectivity index (χ4n) is 4.97. The van der Waals surface area contributed by atoms with E-state index in [-0.39, 0.29) is 11.8 Å². The molecular weight excluding hydrogens is 504 g/mol. The normalized spacial score (nSPS) is 14.7. The topological polar surface area (TPSA) is 58.6 Å². The number of carbonyl (C=O) groups is 2. The van der Waals surface area contributed by atoms with Gasteiger partial charge in [-0.2, -0.15) is 0 Å². The molecule has 1 saturated carbocycles. The highest BCUT2D eigenvalue weighted by Gasteiger charge is 2.48. The van der Waals surface area contributed by atoms with Gasteiger partial charge in [0.15, 0.2) is 0 Å². The number of methoxy groups -OCH3 is 1. The van der Waals surface area contributed by atoms with Gasteiger partial charge in [0.05, 0.1) is 7.11 Å².